The summed E-state index contributed by atoms with van der Waals surface area (Å²) in [5, 5.41) is 1.07. The number of hydrogen-bond donors (Lipinski definition) is 0. The minimum atomic E-state index is 0.193. The number of hydrogen-bond acceptors (Lipinski definition) is 1. The molecule has 0 bridgehead atoms. The van der Waals surface area contributed by atoms with Gasteiger partial charge < -0.3 is 4.90 Å². The maximum absolute atomic E-state index is 12.6. The minimum absolute atomic E-state index is 0.193. The number of piperidine rings is 1. The molecule has 0 unspecified atom stereocenters. The molecule has 0 radical (unpaired) electrons. The van der Waals surface area contributed by atoms with Gasteiger partial charge in [0.15, 0.2) is 0 Å². The van der Waals surface area contributed by atoms with Crippen LogP contribution in [0.5, 0.6) is 0 Å². The summed E-state index contributed by atoms with van der Waals surface area (Å²) >= 11 is 3.55. The van der Waals surface area contributed by atoms with E-state index in [0.29, 0.717) is 5.91 Å². The largest absolute Gasteiger partial charge is 0.342 e. The summed E-state index contributed by atoms with van der Waals surface area (Å²) in [6.45, 7) is 1.89. The molecule has 0 atom stereocenters. The Kier molecular flexibility index (Phi) is 3.92. The van der Waals surface area contributed by atoms with Crippen molar-refractivity contribution in [1.29, 1.82) is 0 Å². The molecule has 1 aliphatic heterocycles. The van der Waals surface area contributed by atoms with Crippen LogP contribution in [-0.4, -0.2) is 29.2 Å². The van der Waals surface area contributed by atoms with Crippen molar-refractivity contribution in [2.45, 2.75) is 25.7 Å². The Morgan fingerprint density at radius 3 is 2.26 bits per heavy atom. The third-order valence-electron chi connectivity index (χ3n) is 4.54. The molecule has 1 saturated heterocycles. The lowest BCUT2D eigenvalue weighted by Crippen LogP contribution is -2.42. The van der Waals surface area contributed by atoms with E-state index in [1.165, 1.54) is 11.1 Å². The first-order valence-electron chi connectivity index (χ1n) is 7.19. The molecule has 1 fully saturated rings. The summed E-state index contributed by atoms with van der Waals surface area (Å²) in [6, 6.07) is 8.49. The van der Waals surface area contributed by atoms with Gasteiger partial charge in [-0.25, -0.2) is 0 Å². The number of benzene rings is 1. The first-order chi connectivity index (χ1) is 9.28. The van der Waals surface area contributed by atoms with Crippen LogP contribution in [-0.2, 0) is 17.6 Å². The highest BCUT2D eigenvalue weighted by Gasteiger charge is 2.32. The van der Waals surface area contributed by atoms with E-state index in [9.17, 15) is 4.79 Å². The van der Waals surface area contributed by atoms with Crippen molar-refractivity contribution < 1.29 is 4.79 Å². The Morgan fingerprint density at radius 2 is 1.74 bits per heavy atom. The Balaban J connectivity index is 1.61. The molecule has 1 amide bonds. The van der Waals surface area contributed by atoms with Crippen LogP contribution in [0.1, 0.15) is 24.0 Å². The number of alkyl halides is 1. The molecular formula is C16H20BrNO. The van der Waals surface area contributed by atoms with Gasteiger partial charge in [0.05, 0.1) is 0 Å². The van der Waals surface area contributed by atoms with E-state index in [2.05, 4.69) is 45.1 Å². The van der Waals surface area contributed by atoms with Crippen LogP contribution in [0.25, 0.3) is 0 Å². The van der Waals surface area contributed by atoms with E-state index < -0.39 is 0 Å². The normalized spacial score (nSPS) is 20.6. The van der Waals surface area contributed by atoms with Crippen LogP contribution in [0.15, 0.2) is 24.3 Å². The van der Waals surface area contributed by atoms with Crippen LogP contribution >= 0.6 is 15.9 Å². The zero-order valence-corrected chi connectivity index (χ0v) is 12.7. The Bertz CT molecular complexity index is 441. The lowest BCUT2D eigenvalue weighted by atomic mass is 9.97. The zero-order valence-electron chi connectivity index (χ0n) is 11.1. The van der Waals surface area contributed by atoms with Crippen LogP contribution < -0.4 is 0 Å². The lowest BCUT2D eigenvalue weighted by Gasteiger charge is -2.32. The predicted molar refractivity (Wildman–Crippen MR) is 80.4 cm³/mol. The minimum Gasteiger partial charge on any atom is -0.342 e. The fourth-order valence-corrected chi connectivity index (χ4v) is 3.95. The molecule has 1 aliphatic carbocycles. The number of halogens is 1. The van der Waals surface area contributed by atoms with Crippen molar-refractivity contribution in [1.82, 2.24) is 4.90 Å². The van der Waals surface area contributed by atoms with Crippen molar-refractivity contribution in [3.8, 4) is 0 Å². The van der Waals surface area contributed by atoms with Gasteiger partial charge in [-0.05, 0) is 42.7 Å². The predicted octanol–water partition coefficient (Wildman–Crippen LogP) is 3.03. The number of carbonyl (C=O) groups excluding carboxylic acids is 1. The number of fused-ring (bicyclic) bond motifs is 1. The highest BCUT2D eigenvalue weighted by molar-refractivity contribution is 9.09. The molecule has 1 aromatic rings. The topological polar surface area (TPSA) is 20.3 Å². The molecule has 0 spiro atoms. The monoisotopic (exact) mass is 321 g/mol. The zero-order chi connectivity index (χ0) is 13.2. The van der Waals surface area contributed by atoms with E-state index in [4.69, 9.17) is 0 Å². The average Bonchev–Trinajstić information content (AvgIpc) is 2.90. The first kappa shape index (κ1) is 13.2. The molecule has 1 heterocycles. The lowest BCUT2D eigenvalue weighted by molar-refractivity contribution is -0.136. The first-order valence-corrected chi connectivity index (χ1v) is 8.31. The molecule has 3 heteroatoms. The summed E-state index contributed by atoms with van der Waals surface area (Å²) < 4.78 is 0. The standard InChI is InChI=1S/C16H20BrNO/c17-11-12-5-7-18(8-6-12)16(19)15-9-13-3-1-2-4-14(13)10-15/h1-4,12,15H,5-11H2. The number of carbonyl (C=O) groups is 1. The van der Waals surface area contributed by atoms with Crippen molar-refractivity contribution in [2.75, 3.05) is 18.4 Å². The second-order valence-electron chi connectivity index (χ2n) is 5.80. The van der Waals surface area contributed by atoms with Crippen LogP contribution in [0, 0.1) is 11.8 Å². The van der Waals surface area contributed by atoms with Crippen molar-refractivity contribution in [2.24, 2.45) is 11.8 Å². The maximum atomic E-state index is 12.6. The van der Waals surface area contributed by atoms with Crippen molar-refractivity contribution >= 4 is 21.8 Å². The average molecular weight is 322 g/mol. The third-order valence-corrected chi connectivity index (χ3v) is 5.46. The Morgan fingerprint density at radius 1 is 1.16 bits per heavy atom. The molecule has 1 aromatic carbocycles. The molecule has 19 heavy (non-hydrogen) atoms. The van der Waals surface area contributed by atoms with Crippen LogP contribution in [0.3, 0.4) is 0 Å². The summed E-state index contributed by atoms with van der Waals surface area (Å²) in [7, 11) is 0. The van der Waals surface area contributed by atoms with Gasteiger partial charge in [-0.3, -0.25) is 4.79 Å². The van der Waals surface area contributed by atoms with Crippen molar-refractivity contribution in [3.05, 3.63) is 35.4 Å². The van der Waals surface area contributed by atoms with Gasteiger partial charge in [-0.2, -0.15) is 0 Å². The summed E-state index contributed by atoms with van der Waals surface area (Å²) in [6.07, 6.45) is 4.17. The molecular weight excluding hydrogens is 302 g/mol. The number of nitrogens with zero attached hydrogens (tertiary/aromatic N) is 1. The second kappa shape index (κ2) is 5.66. The molecule has 3 rings (SSSR count). The van der Waals surface area contributed by atoms with E-state index >= 15 is 0 Å². The van der Waals surface area contributed by atoms with Crippen molar-refractivity contribution in [3.63, 3.8) is 0 Å². The maximum Gasteiger partial charge on any atom is 0.226 e. The molecule has 2 nitrogen and oxygen atoms in total. The van der Waals surface area contributed by atoms with E-state index in [-0.39, 0.29) is 5.92 Å². The Hall–Kier alpha value is -0.830. The molecule has 0 aromatic heterocycles. The van der Waals surface area contributed by atoms with E-state index in [0.717, 1.165) is 50.0 Å². The van der Waals surface area contributed by atoms with Gasteiger partial charge in [0, 0.05) is 24.3 Å². The fraction of sp³-hybridized carbons (Fsp3) is 0.562. The van der Waals surface area contributed by atoms with Gasteiger partial charge in [-0.15, -0.1) is 0 Å². The smallest absolute Gasteiger partial charge is 0.226 e. The van der Waals surface area contributed by atoms with E-state index in [1.807, 2.05) is 0 Å². The molecule has 0 N–H and O–H groups in total. The van der Waals surface area contributed by atoms with Crippen LogP contribution in [0.2, 0.25) is 0 Å². The van der Waals surface area contributed by atoms with Gasteiger partial charge in [-0.1, -0.05) is 40.2 Å². The highest BCUT2D eigenvalue weighted by Crippen LogP contribution is 2.29. The summed E-state index contributed by atoms with van der Waals surface area (Å²) in [5.41, 5.74) is 2.74. The van der Waals surface area contributed by atoms with Gasteiger partial charge in [0.1, 0.15) is 0 Å². The number of amides is 1. The number of likely N-dealkylation sites (tertiary alicyclic amines) is 1. The van der Waals surface area contributed by atoms with E-state index in [1.54, 1.807) is 0 Å². The van der Waals surface area contributed by atoms with Crippen LogP contribution in [0.4, 0.5) is 0 Å². The van der Waals surface area contributed by atoms with Gasteiger partial charge >= 0.3 is 0 Å². The molecule has 0 saturated carbocycles. The molecule has 2 aliphatic rings. The third kappa shape index (κ3) is 2.71. The Labute approximate surface area is 123 Å². The fourth-order valence-electron chi connectivity index (χ4n) is 3.30. The highest BCUT2D eigenvalue weighted by atomic mass is 79.9. The number of rotatable bonds is 2. The van der Waals surface area contributed by atoms with Gasteiger partial charge in [0.25, 0.3) is 0 Å². The second-order valence-corrected chi connectivity index (χ2v) is 6.44. The van der Waals surface area contributed by atoms with Gasteiger partial charge in [0.2, 0.25) is 5.91 Å². The SMILES string of the molecule is O=C(C1Cc2ccccc2C1)N1CCC(CBr)CC1. The summed E-state index contributed by atoms with van der Waals surface area (Å²) in [5.74, 6) is 1.33. The quantitative estimate of drug-likeness (QED) is 0.767. The molecule has 102 valence electrons. The summed E-state index contributed by atoms with van der Waals surface area (Å²) in [4.78, 5) is 14.7.